The number of hydrogen-bond acceptors (Lipinski definition) is 1. The zero-order chi connectivity index (χ0) is 12.8. The van der Waals surface area contributed by atoms with Crippen LogP contribution >= 0.6 is 24.0 Å². The Morgan fingerprint density at radius 3 is 2.95 bits per heavy atom. The second-order valence-electron chi connectivity index (χ2n) is 5.79. The third kappa shape index (κ3) is 5.71. The highest BCUT2D eigenvalue weighted by atomic mass is 127. The van der Waals surface area contributed by atoms with Crippen LogP contribution in [0.3, 0.4) is 0 Å². The molecule has 0 spiro atoms. The summed E-state index contributed by atoms with van der Waals surface area (Å²) in [5.41, 5.74) is 7.67. The Kier molecular flexibility index (Phi) is 7.80. The quantitative estimate of drug-likeness (QED) is 0.354. The molecule has 1 heterocycles. The number of guanidine groups is 1. The molecule has 4 heteroatoms. The summed E-state index contributed by atoms with van der Waals surface area (Å²) >= 11 is 0. The third-order valence-electron chi connectivity index (χ3n) is 4.07. The van der Waals surface area contributed by atoms with Crippen molar-refractivity contribution in [3.63, 3.8) is 0 Å². The van der Waals surface area contributed by atoms with Crippen molar-refractivity contribution in [3.8, 4) is 0 Å². The zero-order valence-electron chi connectivity index (χ0n) is 12.1. The van der Waals surface area contributed by atoms with Gasteiger partial charge in [-0.2, -0.15) is 0 Å². The van der Waals surface area contributed by atoms with E-state index in [0.717, 1.165) is 37.9 Å². The van der Waals surface area contributed by atoms with Crippen molar-refractivity contribution >= 4 is 29.9 Å². The van der Waals surface area contributed by atoms with Crippen LogP contribution in [0.15, 0.2) is 16.6 Å². The molecule has 1 aliphatic carbocycles. The summed E-state index contributed by atoms with van der Waals surface area (Å²) < 4.78 is 0. The molecule has 2 N–H and O–H groups in total. The summed E-state index contributed by atoms with van der Waals surface area (Å²) in [5.74, 6) is 1.52. The van der Waals surface area contributed by atoms with Gasteiger partial charge in [-0.15, -0.1) is 24.0 Å². The van der Waals surface area contributed by atoms with E-state index >= 15 is 0 Å². The molecule has 1 saturated heterocycles. The minimum absolute atomic E-state index is 0. The van der Waals surface area contributed by atoms with Gasteiger partial charge in [0.1, 0.15) is 0 Å². The molecule has 1 fully saturated rings. The van der Waals surface area contributed by atoms with Crippen LogP contribution in [-0.4, -0.2) is 30.5 Å². The fourth-order valence-corrected chi connectivity index (χ4v) is 2.94. The molecule has 0 saturated carbocycles. The van der Waals surface area contributed by atoms with E-state index < -0.39 is 0 Å². The Labute approximate surface area is 134 Å². The van der Waals surface area contributed by atoms with Crippen LogP contribution in [0.2, 0.25) is 0 Å². The number of hydrogen-bond donors (Lipinski definition) is 1. The van der Waals surface area contributed by atoms with Gasteiger partial charge in [0.25, 0.3) is 0 Å². The number of nitrogens with zero attached hydrogens (tertiary/aromatic N) is 2. The molecule has 19 heavy (non-hydrogen) atoms. The molecule has 0 aromatic carbocycles. The summed E-state index contributed by atoms with van der Waals surface area (Å²) in [5, 5.41) is 0. The largest absolute Gasteiger partial charge is 0.370 e. The first kappa shape index (κ1) is 16.8. The summed E-state index contributed by atoms with van der Waals surface area (Å²) in [6, 6.07) is 0. The van der Waals surface area contributed by atoms with Gasteiger partial charge >= 0.3 is 0 Å². The molecule has 3 nitrogen and oxygen atoms in total. The van der Waals surface area contributed by atoms with Crippen molar-refractivity contribution < 1.29 is 0 Å². The maximum absolute atomic E-state index is 6.08. The van der Waals surface area contributed by atoms with Crippen LogP contribution in [0.4, 0.5) is 0 Å². The van der Waals surface area contributed by atoms with Crippen molar-refractivity contribution in [2.75, 3.05) is 19.6 Å². The second kappa shape index (κ2) is 8.82. The lowest BCUT2D eigenvalue weighted by atomic mass is 9.97. The molecular formula is C15H28IN3. The average Bonchev–Trinajstić information content (AvgIpc) is 2.40. The van der Waals surface area contributed by atoms with Gasteiger partial charge in [-0.25, -0.2) is 0 Å². The first-order chi connectivity index (χ1) is 8.75. The van der Waals surface area contributed by atoms with Crippen LogP contribution < -0.4 is 5.73 Å². The molecule has 1 unspecified atom stereocenters. The summed E-state index contributed by atoms with van der Waals surface area (Å²) in [6.45, 7) is 5.33. The van der Waals surface area contributed by atoms with Crippen molar-refractivity contribution in [2.45, 2.75) is 51.9 Å². The first-order valence-corrected chi connectivity index (χ1v) is 7.48. The average molecular weight is 377 g/mol. The number of rotatable bonds is 3. The van der Waals surface area contributed by atoms with E-state index in [4.69, 9.17) is 5.73 Å². The first-order valence-electron chi connectivity index (χ1n) is 7.48. The highest BCUT2D eigenvalue weighted by Gasteiger charge is 2.17. The fraction of sp³-hybridized carbons (Fsp3) is 0.800. The Hall–Kier alpha value is -0.260. The van der Waals surface area contributed by atoms with Gasteiger partial charge in [0.2, 0.25) is 0 Å². The van der Waals surface area contributed by atoms with E-state index in [9.17, 15) is 0 Å². The Morgan fingerprint density at radius 2 is 2.26 bits per heavy atom. The molecule has 2 aliphatic rings. The molecule has 0 aromatic rings. The van der Waals surface area contributed by atoms with Crippen molar-refractivity contribution in [3.05, 3.63) is 11.6 Å². The predicted molar refractivity (Wildman–Crippen MR) is 93.0 cm³/mol. The summed E-state index contributed by atoms with van der Waals surface area (Å²) in [7, 11) is 0. The SMILES string of the molecule is CC1CCCN(C(N)=NCCC2=CCCCC2)C1.I. The topological polar surface area (TPSA) is 41.6 Å². The molecule has 2 rings (SSSR count). The zero-order valence-corrected chi connectivity index (χ0v) is 14.4. The molecule has 0 radical (unpaired) electrons. The van der Waals surface area contributed by atoms with Gasteiger partial charge < -0.3 is 10.6 Å². The Balaban J connectivity index is 0.00000180. The lowest BCUT2D eigenvalue weighted by molar-refractivity contribution is 0.270. The van der Waals surface area contributed by atoms with Crippen molar-refractivity contribution in [1.29, 1.82) is 0 Å². The standard InChI is InChI=1S/C15H27N3.HI/c1-13-6-5-11-18(12-13)15(16)17-10-9-14-7-3-2-4-8-14;/h7,13H,2-6,8-12H2,1H3,(H2,16,17);1H. The molecule has 1 aliphatic heterocycles. The lowest BCUT2D eigenvalue weighted by Crippen LogP contribution is -2.43. The number of likely N-dealkylation sites (tertiary alicyclic amines) is 1. The molecule has 0 aromatic heterocycles. The van der Waals surface area contributed by atoms with Gasteiger partial charge in [-0.05, 0) is 50.9 Å². The van der Waals surface area contributed by atoms with Crippen LogP contribution in [0, 0.1) is 5.92 Å². The van der Waals surface area contributed by atoms with E-state index in [1.165, 1.54) is 38.5 Å². The number of nitrogens with two attached hydrogens (primary N) is 1. The van der Waals surface area contributed by atoms with Crippen LogP contribution in [-0.2, 0) is 0 Å². The molecular weight excluding hydrogens is 349 g/mol. The number of allylic oxidation sites excluding steroid dienone is 1. The predicted octanol–water partition coefficient (Wildman–Crippen LogP) is 3.54. The molecule has 1 atom stereocenters. The van der Waals surface area contributed by atoms with Crippen molar-refractivity contribution in [2.24, 2.45) is 16.6 Å². The Morgan fingerprint density at radius 1 is 1.42 bits per heavy atom. The molecule has 110 valence electrons. The summed E-state index contributed by atoms with van der Waals surface area (Å²) in [6.07, 6.45) is 11.3. The van der Waals surface area contributed by atoms with Crippen molar-refractivity contribution in [1.82, 2.24) is 4.90 Å². The number of aliphatic imine (C=N–C) groups is 1. The van der Waals surface area contributed by atoms with E-state index in [2.05, 4.69) is 22.9 Å². The van der Waals surface area contributed by atoms with Gasteiger partial charge in [0, 0.05) is 19.6 Å². The number of halogens is 1. The van der Waals surface area contributed by atoms with E-state index in [1.54, 1.807) is 5.57 Å². The van der Waals surface area contributed by atoms with Crippen LogP contribution in [0.5, 0.6) is 0 Å². The highest BCUT2D eigenvalue weighted by molar-refractivity contribution is 14.0. The van der Waals surface area contributed by atoms with Gasteiger partial charge in [-0.1, -0.05) is 18.6 Å². The van der Waals surface area contributed by atoms with E-state index in [-0.39, 0.29) is 24.0 Å². The Bertz CT molecular complexity index is 325. The third-order valence-corrected chi connectivity index (χ3v) is 4.07. The minimum atomic E-state index is 0. The summed E-state index contributed by atoms with van der Waals surface area (Å²) in [4.78, 5) is 6.81. The number of piperidine rings is 1. The molecule has 0 bridgehead atoms. The minimum Gasteiger partial charge on any atom is -0.370 e. The fourth-order valence-electron chi connectivity index (χ4n) is 2.94. The van der Waals surface area contributed by atoms with Crippen LogP contribution in [0.25, 0.3) is 0 Å². The van der Waals surface area contributed by atoms with E-state index in [0.29, 0.717) is 0 Å². The van der Waals surface area contributed by atoms with Gasteiger partial charge in [0.05, 0.1) is 0 Å². The highest BCUT2D eigenvalue weighted by Crippen LogP contribution is 2.20. The van der Waals surface area contributed by atoms with Gasteiger partial charge in [-0.3, -0.25) is 4.99 Å². The normalized spacial score (nSPS) is 24.7. The van der Waals surface area contributed by atoms with E-state index in [1.807, 2.05) is 0 Å². The maximum Gasteiger partial charge on any atom is 0.191 e. The van der Waals surface area contributed by atoms with Gasteiger partial charge in [0.15, 0.2) is 5.96 Å². The lowest BCUT2D eigenvalue weighted by Gasteiger charge is -2.31. The monoisotopic (exact) mass is 377 g/mol. The second-order valence-corrected chi connectivity index (χ2v) is 5.79. The molecule has 0 amide bonds. The smallest absolute Gasteiger partial charge is 0.191 e. The van der Waals surface area contributed by atoms with Crippen LogP contribution in [0.1, 0.15) is 51.9 Å². The maximum atomic E-state index is 6.08.